The summed E-state index contributed by atoms with van der Waals surface area (Å²) in [6.07, 6.45) is 0.100. The molecule has 134 valence electrons. The van der Waals surface area contributed by atoms with Crippen LogP contribution >= 0.6 is 11.3 Å². The summed E-state index contributed by atoms with van der Waals surface area (Å²) in [5.41, 5.74) is 2.34. The first-order valence-corrected chi connectivity index (χ1v) is 9.07. The summed E-state index contributed by atoms with van der Waals surface area (Å²) < 4.78 is 4.60. The molecule has 1 aromatic carbocycles. The molecule has 0 bridgehead atoms. The Bertz CT molecular complexity index is 709. The molecular weight excluding hydrogens is 338 g/mol. The van der Waals surface area contributed by atoms with Crippen LogP contribution in [0.5, 0.6) is 0 Å². The van der Waals surface area contributed by atoms with Crippen molar-refractivity contribution in [1.29, 1.82) is 0 Å². The number of thiazole rings is 1. The van der Waals surface area contributed by atoms with E-state index in [1.165, 1.54) is 24.0 Å². The average molecular weight is 361 g/mol. The van der Waals surface area contributed by atoms with Crippen LogP contribution < -0.4 is 5.32 Å². The maximum atomic E-state index is 12.3. The number of rotatable bonds is 8. The number of hydrogen-bond donors (Lipinski definition) is 1. The van der Waals surface area contributed by atoms with E-state index in [0.29, 0.717) is 16.4 Å². The van der Waals surface area contributed by atoms with Gasteiger partial charge in [-0.1, -0.05) is 26.0 Å². The molecular formula is C18H23N3O3S. The fourth-order valence-corrected chi connectivity index (χ4v) is 3.01. The molecule has 7 heteroatoms. The van der Waals surface area contributed by atoms with Crippen LogP contribution in [0.3, 0.4) is 0 Å². The minimum Gasteiger partial charge on any atom is -0.469 e. The van der Waals surface area contributed by atoms with Gasteiger partial charge in [0.1, 0.15) is 0 Å². The van der Waals surface area contributed by atoms with Crippen molar-refractivity contribution in [1.82, 2.24) is 9.88 Å². The summed E-state index contributed by atoms with van der Waals surface area (Å²) in [7, 11) is 1.33. The normalized spacial score (nSPS) is 10.7. The molecule has 0 spiro atoms. The highest BCUT2D eigenvalue weighted by atomic mass is 32.1. The second kappa shape index (κ2) is 9.29. The Morgan fingerprint density at radius 3 is 2.48 bits per heavy atom. The first-order valence-electron chi connectivity index (χ1n) is 8.19. The van der Waals surface area contributed by atoms with E-state index >= 15 is 0 Å². The maximum absolute atomic E-state index is 12.3. The number of methoxy groups -OCH3 is 1. The highest BCUT2D eigenvalue weighted by Crippen LogP contribution is 2.17. The lowest BCUT2D eigenvalue weighted by molar-refractivity contribution is -0.139. The maximum Gasteiger partial charge on any atom is 0.311 e. The quantitative estimate of drug-likeness (QED) is 0.732. The van der Waals surface area contributed by atoms with Gasteiger partial charge in [0.05, 0.1) is 19.2 Å². The minimum absolute atomic E-state index is 0.100. The van der Waals surface area contributed by atoms with Crippen LogP contribution in [-0.2, 0) is 22.5 Å². The van der Waals surface area contributed by atoms with Gasteiger partial charge in [0, 0.05) is 17.5 Å². The zero-order chi connectivity index (χ0) is 18.2. The van der Waals surface area contributed by atoms with Crippen LogP contribution in [0.25, 0.3) is 0 Å². The molecule has 0 radical (unpaired) electrons. The number of esters is 1. The van der Waals surface area contributed by atoms with Crippen LogP contribution in [0.15, 0.2) is 29.6 Å². The number of anilines is 1. The summed E-state index contributed by atoms with van der Waals surface area (Å²) in [5.74, 6) is -0.569. The third kappa shape index (κ3) is 5.65. The van der Waals surface area contributed by atoms with E-state index < -0.39 is 0 Å². The van der Waals surface area contributed by atoms with Crippen molar-refractivity contribution in [2.75, 3.05) is 25.5 Å². The number of aromatic nitrogens is 1. The van der Waals surface area contributed by atoms with Crippen LogP contribution in [0.4, 0.5) is 5.13 Å². The Balaban J connectivity index is 1.95. The van der Waals surface area contributed by atoms with Gasteiger partial charge < -0.3 is 4.74 Å². The van der Waals surface area contributed by atoms with Crippen molar-refractivity contribution in [2.45, 2.75) is 26.8 Å². The number of nitrogens with zero attached hydrogens (tertiary/aromatic N) is 2. The molecule has 0 aliphatic heterocycles. The molecule has 0 saturated heterocycles. The molecule has 1 N–H and O–H groups in total. The van der Waals surface area contributed by atoms with Gasteiger partial charge in [0.2, 0.25) is 0 Å². The van der Waals surface area contributed by atoms with Gasteiger partial charge in [0.25, 0.3) is 5.91 Å². The van der Waals surface area contributed by atoms with E-state index in [2.05, 4.69) is 33.8 Å². The fraction of sp³-hybridized carbons (Fsp3) is 0.389. The SMILES string of the molecule is CCN(CC)Cc1ccc(C(=O)Nc2nc(CC(=O)OC)cs2)cc1. The Kier molecular flexibility index (Phi) is 7.09. The second-order valence-electron chi connectivity index (χ2n) is 5.51. The molecule has 0 atom stereocenters. The van der Waals surface area contributed by atoms with Gasteiger partial charge >= 0.3 is 5.97 Å². The predicted octanol–water partition coefficient (Wildman–Crippen LogP) is 2.95. The smallest absolute Gasteiger partial charge is 0.311 e. The standard InChI is InChI=1S/C18H23N3O3S/c1-4-21(5-2)11-13-6-8-14(9-7-13)17(23)20-18-19-15(12-25-18)10-16(22)24-3/h6-9,12H,4-5,10-11H2,1-3H3,(H,19,20,23). The van der Waals surface area contributed by atoms with Crippen LogP contribution in [0.1, 0.15) is 35.5 Å². The number of nitrogens with one attached hydrogen (secondary N) is 1. The lowest BCUT2D eigenvalue weighted by atomic mass is 10.1. The van der Waals surface area contributed by atoms with E-state index in [4.69, 9.17) is 0 Å². The Morgan fingerprint density at radius 1 is 1.20 bits per heavy atom. The third-order valence-corrected chi connectivity index (χ3v) is 4.65. The van der Waals surface area contributed by atoms with E-state index in [1.54, 1.807) is 5.38 Å². The van der Waals surface area contributed by atoms with Gasteiger partial charge in [-0.15, -0.1) is 11.3 Å². The summed E-state index contributed by atoms with van der Waals surface area (Å²) in [6, 6.07) is 7.57. The van der Waals surface area contributed by atoms with E-state index in [9.17, 15) is 9.59 Å². The summed E-state index contributed by atoms with van der Waals surface area (Å²) >= 11 is 1.29. The van der Waals surface area contributed by atoms with Crippen LogP contribution in [0.2, 0.25) is 0 Å². The first-order chi connectivity index (χ1) is 12.0. The van der Waals surface area contributed by atoms with Gasteiger partial charge in [0.15, 0.2) is 5.13 Å². The summed E-state index contributed by atoms with van der Waals surface area (Å²) in [5, 5.41) is 4.96. The molecule has 2 aromatic rings. The van der Waals surface area contributed by atoms with Crippen molar-refractivity contribution in [2.24, 2.45) is 0 Å². The Hall–Kier alpha value is -2.25. The van der Waals surface area contributed by atoms with Crippen molar-refractivity contribution in [3.05, 3.63) is 46.5 Å². The molecule has 0 aliphatic carbocycles. The molecule has 2 rings (SSSR count). The minimum atomic E-state index is -0.355. The molecule has 1 amide bonds. The number of hydrogen-bond acceptors (Lipinski definition) is 6. The lowest BCUT2D eigenvalue weighted by Gasteiger charge is -2.17. The van der Waals surface area contributed by atoms with Crippen molar-refractivity contribution in [3.63, 3.8) is 0 Å². The number of benzene rings is 1. The molecule has 1 heterocycles. The molecule has 0 aliphatic rings. The summed E-state index contributed by atoms with van der Waals surface area (Å²) in [4.78, 5) is 30.1. The Morgan fingerprint density at radius 2 is 1.88 bits per heavy atom. The average Bonchev–Trinajstić information content (AvgIpc) is 3.06. The number of ether oxygens (including phenoxy) is 1. The Labute approximate surface area is 151 Å². The predicted molar refractivity (Wildman–Crippen MR) is 98.9 cm³/mol. The monoisotopic (exact) mass is 361 g/mol. The third-order valence-electron chi connectivity index (χ3n) is 3.84. The van der Waals surface area contributed by atoms with Crippen molar-refractivity contribution < 1.29 is 14.3 Å². The summed E-state index contributed by atoms with van der Waals surface area (Å²) in [6.45, 7) is 7.13. The molecule has 6 nitrogen and oxygen atoms in total. The van der Waals surface area contributed by atoms with Gasteiger partial charge in [-0.05, 0) is 30.8 Å². The number of amides is 1. The molecule has 0 fully saturated rings. The van der Waals surface area contributed by atoms with E-state index in [0.717, 1.165) is 19.6 Å². The first kappa shape index (κ1) is 19.1. The highest BCUT2D eigenvalue weighted by Gasteiger charge is 2.11. The van der Waals surface area contributed by atoms with Crippen molar-refractivity contribution >= 4 is 28.3 Å². The lowest BCUT2D eigenvalue weighted by Crippen LogP contribution is -2.22. The fourth-order valence-electron chi connectivity index (χ4n) is 2.30. The number of carbonyl (C=O) groups excluding carboxylic acids is 2. The number of carbonyl (C=O) groups is 2. The van der Waals surface area contributed by atoms with E-state index in [-0.39, 0.29) is 18.3 Å². The molecule has 0 unspecified atom stereocenters. The van der Waals surface area contributed by atoms with Crippen molar-refractivity contribution in [3.8, 4) is 0 Å². The van der Waals surface area contributed by atoms with Gasteiger partial charge in [-0.25, -0.2) is 4.98 Å². The molecule has 0 saturated carbocycles. The largest absolute Gasteiger partial charge is 0.469 e. The molecule has 25 heavy (non-hydrogen) atoms. The van der Waals surface area contributed by atoms with Gasteiger partial charge in [-0.3, -0.25) is 19.8 Å². The van der Waals surface area contributed by atoms with Gasteiger partial charge in [-0.2, -0.15) is 0 Å². The topological polar surface area (TPSA) is 71.5 Å². The molecule has 1 aromatic heterocycles. The van der Waals surface area contributed by atoms with Crippen LogP contribution in [0, 0.1) is 0 Å². The second-order valence-corrected chi connectivity index (χ2v) is 6.37. The van der Waals surface area contributed by atoms with Crippen LogP contribution in [-0.4, -0.2) is 42.0 Å². The zero-order valence-electron chi connectivity index (χ0n) is 14.7. The highest BCUT2D eigenvalue weighted by molar-refractivity contribution is 7.14. The van der Waals surface area contributed by atoms with E-state index in [1.807, 2.05) is 24.3 Å². The zero-order valence-corrected chi connectivity index (χ0v) is 15.6.